The van der Waals surface area contributed by atoms with Crippen LogP contribution in [-0.2, 0) is 7.05 Å². The number of aryl methyl sites for hydroxylation is 1. The number of anilines is 1. The topological polar surface area (TPSA) is 56.7 Å². The Morgan fingerprint density at radius 1 is 1.10 bits per heavy atom. The Morgan fingerprint density at radius 3 is 2.50 bits per heavy atom. The Bertz CT molecular complexity index is 750. The van der Waals surface area contributed by atoms with E-state index in [9.17, 15) is 0 Å². The molecule has 4 nitrogen and oxygen atoms in total. The van der Waals surface area contributed by atoms with Gasteiger partial charge in [0.05, 0.1) is 5.56 Å². The second kappa shape index (κ2) is 5.09. The van der Waals surface area contributed by atoms with E-state index in [2.05, 4.69) is 26.0 Å². The van der Waals surface area contributed by atoms with Crippen LogP contribution in [0.5, 0.6) is 0 Å². The summed E-state index contributed by atoms with van der Waals surface area (Å²) >= 11 is 3.58. The molecule has 2 aromatic heterocycles. The zero-order chi connectivity index (χ0) is 14.1. The number of hydrogen-bond acceptors (Lipinski definition) is 3. The van der Waals surface area contributed by atoms with Gasteiger partial charge < -0.3 is 5.73 Å². The molecule has 0 aliphatic carbocycles. The number of pyridine rings is 1. The fraction of sp³-hybridized carbons (Fsp3) is 0.0667. The Morgan fingerprint density at radius 2 is 1.80 bits per heavy atom. The molecule has 0 spiro atoms. The van der Waals surface area contributed by atoms with E-state index in [1.165, 1.54) is 0 Å². The summed E-state index contributed by atoms with van der Waals surface area (Å²) in [4.78, 5) is 4.04. The van der Waals surface area contributed by atoms with Crippen LogP contribution < -0.4 is 5.73 Å². The molecule has 2 heterocycles. The van der Waals surface area contributed by atoms with Crippen LogP contribution >= 0.6 is 15.9 Å². The largest absolute Gasteiger partial charge is 0.383 e. The number of aromatic nitrogens is 3. The molecule has 0 bridgehead atoms. The van der Waals surface area contributed by atoms with E-state index in [-0.39, 0.29) is 0 Å². The van der Waals surface area contributed by atoms with Crippen LogP contribution in [0.4, 0.5) is 5.82 Å². The Labute approximate surface area is 125 Å². The molecule has 0 atom stereocenters. The first-order valence-electron chi connectivity index (χ1n) is 6.16. The van der Waals surface area contributed by atoms with Crippen LogP contribution in [0, 0.1) is 0 Å². The highest BCUT2D eigenvalue weighted by Gasteiger charge is 2.18. The summed E-state index contributed by atoms with van der Waals surface area (Å²) in [6.07, 6.45) is 3.51. The second-order valence-electron chi connectivity index (χ2n) is 4.45. The highest BCUT2D eigenvalue weighted by molar-refractivity contribution is 9.10. The van der Waals surface area contributed by atoms with Crippen LogP contribution in [0.2, 0.25) is 0 Å². The number of nitrogens with two attached hydrogens (primary N) is 1. The summed E-state index contributed by atoms with van der Waals surface area (Å²) < 4.78 is 2.69. The molecule has 100 valence electrons. The van der Waals surface area contributed by atoms with E-state index in [0.717, 1.165) is 26.9 Å². The third-order valence-corrected chi connectivity index (χ3v) is 3.88. The van der Waals surface area contributed by atoms with Gasteiger partial charge in [-0.15, -0.1) is 0 Å². The first kappa shape index (κ1) is 12.9. The molecular weight excluding hydrogens is 316 g/mol. The normalized spacial score (nSPS) is 10.7. The fourth-order valence-electron chi connectivity index (χ4n) is 2.18. The number of halogens is 1. The quantitative estimate of drug-likeness (QED) is 0.783. The van der Waals surface area contributed by atoms with Crippen molar-refractivity contribution in [3.8, 4) is 22.4 Å². The van der Waals surface area contributed by atoms with E-state index in [4.69, 9.17) is 5.73 Å². The lowest BCUT2D eigenvalue weighted by Crippen LogP contribution is -1.98. The molecule has 1 aromatic carbocycles. The van der Waals surface area contributed by atoms with Crippen LogP contribution in [0.25, 0.3) is 22.4 Å². The Hall–Kier alpha value is -2.14. The summed E-state index contributed by atoms with van der Waals surface area (Å²) in [5.74, 6) is 0.642. The smallest absolute Gasteiger partial charge is 0.129 e. The molecule has 2 N–H and O–H groups in total. The molecule has 0 saturated heterocycles. The van der Waals surface area contributed by atoms with Gasteiger partial charge >= 0.3 is 0 Å². The van der Waals surface area contributed by atoms with Crippen LogP contribution in [0.1, 0.15) is 0 Å². The number of hydrogen-bond donors (Lipinski definition) is 1. The molecule has 0 aliphatic heterocycles. The molecule has 3 aromatic rings. The lowest BCUT2D eigenvalue weighted by atomic mass is 10.0. The van der Waals surface area contributed by atoms with Crippen molar-refractivity contribution in [2.75, 3.05) is 5.73 Å². The van der Waals surface area contributed by atoms with Crippen molar-refractivity contribution in [1.29, 1.82) is 0 Å². The van der Waals surface area contributed by atoms with Gasteiger partial charge in [0.25, 0.3) is 0 Å². The first-order chi connectivity index (χ1) is 9.68. The van der Waals surface area contributed by atoms with Crippen molar-refractivity contribution in [3.05, 3.63) is 53.3 Å². The van der Waals surface area contributed by atoms with E-state index >= 15 is 0 Å². The molecule has 0 fully saturated rings. The predicted octanol–water partition coefficient (Wildman–Crippen LogP) is 3.49. The molecule has 0 unspecified atom stereocenters. The maximum atomic E-state index is 6.21. The number of rotatable bonds is 2. The van der Waals surface area contributed by atoms with Crippen LogP contribution in [-0.4, -0.2) is 14.8 Å². The van der Waals surface area contributed by atoms with Crippen molar-refractivity contribution >= 4 is 21.7 Å². The van der Waals surface area contributed by atoms with Crippen molar-refractivity contribution < 1.29 is 0 Å². The summed E-state index contributed by atoms with van der Waals surface area (Å²) in [5.41, 5.74) is 10.0. The zero-order valence-corrected chi connectivity index (χ0v) is 12.5. The zero-order valence-electron chi connectivity index (χ0n) is 10.9. The minimum absolute atomic E-state index is 0.642. The van der Waals surface area contributed by atoms with E-state index in [1.807, 2.05) is 43.4 Å². The average Bonchev–Trinajstić information content (AvgIpc) is 2.77. The monoisotopic (exact) mass is 328 g/mol. The third kappa shape index (κ3) is 2.10. The molecule has 0 radical (unpaired) electrons. The third-order valence-electron chi connectivity index (χ3n) is 3.19. The average molecular weight is 329 g/mol. The van der Waals surface area contributed by atoms with Gasteiger partial charge in [-0.1, -0.05) is 34.1 Å². The van der Waals surface area contributed by atoms with E-state index in [0.29, 0.717) is 5.82 Å². The summed E-state index contributed by atoms with van der Waals surface area (Å²) in [7, 11) is 1.85. The summed E-state index contributed by atoms with van der Waals surface area (Å²) in [6, 6.07) is 11.9. The van der Waals surface area contributed by atoms with Gasteiger partial charge in [0.1, 0.15) is 11.5 Å². The molecule has 0 saturated carbocycles. The Kier molecular flexibility index (Phi) is 3.28. The van der Waals surface area contributed by atoms with Crippen molar-refractivity contribution in [3.63, 3.8) is 0 Å². The van der Waals surface area contributed by atoms with Gasteiger partial charge in [0.2, 0.25) is 0 Å². The van der Waals surface area contributed by atoms with Gasteiger partial charge in [-0.3, -0.25) is 9.67 Å². The van der Waals surface area contributed by atoms with Gasteiger partial charge in [-0.25, -0.2) is 0 Å². The molecule has 3 rings (SSSR count). The van der Waals surface area contributed by atoms with Crippen LogP contribution in [0.15, 0.2) is 53.3 Å². The van der Waals surface area contributed by atoms with Crippen molar-refractivity contribution in [2.24, 2.45) is 7.05 Å². The number of nitrogens with zero attached hydrogens (tertiary/aromatic N) is 3. The molecule has 5 heteroatoms. The maximum absolute atomic E-state index is 6.21. The second-order valence-corrected chi connectivity index (χ2v) is 5.30. The fourth-order valence-corrected chi connectivity index (χ4v) is 2.66. The number of nitrogen functional groups attached to an aromatic ring is 1. The lowest BCUT2D eigenvalue weighted by Gasteiger charge is -2.06. The summed E-state index contributed by atoms with van der Waals surface area (Å²) in [6.45, 7) is 0. The minimum atomic E-state index is 0.642. The SMILES string of the molecule is Cn1nc(-c2ccncc2)c(-c2ccccc2Br)c1N. The predicted molar refractivity (Wildman–Crippen MR) is 84.0 cm³/mol. The molecule has 0 aliphatic rings. The highest BCUT2D eigenvalue weighted by Crippen LogP contribution is 2.38. The first-order valence-corrected chi connectivity index (χ1v) is 6.95. The maximum Gasteiger partial charge on any atom is 0.129 e. The highest BCUT2D eigenvalue weighted by atomic mass is 79.9. The van der Waals surface area contributed by atoms with E-state index < -0.39 is 0 Å². The van der Waals surface area contributed by atoms with Gasteiger partial charge in [-0.05, 0) is 18.2 Å². The van der Waals surface area contributed by atoms with Crippen molar-refractivity contribution in [2.45, 2.75) is 0 Å². The van der Waals surface area contributed by atoms with Crippen LogP contribution in [0.3, 0.4) is 0 Å². The standard InChI is InChI=1S/C15H13BrN4/c1-20-15(17)13(11-4-2-3-5-12(11)16)14(19-20)10-6-8-18-9-7-10/h2-9H,17H2,1H3. The van der Waals surface area contributed by atoms with Gasteiger partial charge in [0.15, 0.2) is 0 Å². The lowest BCUT2D eigenvalue weighted by molar-refractivity contribution is 0.782. The van der Waals surface area contributed by atoms with Gasteiger partial charge in [-0.2, -0.15) is 5.10 Å². The van der Waals surface area contributed by atoms with E-state index in [1.54, 1.807) is 17.1 Å². The van der Waals surface area contributed by atoms with Gasteiger partial charge in [0, 0.05) is 35.0 Å². The molecule has 20 heavy (non-hydrogen) atoms. The molecular formula is C15H13BrN4. The minimum Gasteiger partial charge on any atom is -0.383 e. The summed E-state index contributed by atoms with van der Waals surface area (Å²) in [5, 5.41) is 4.54. The van der Waals surface area contributed by atoms with Crippen molar-refractivity contribution in [1.82, 2.24) is 14.8 Å². The molecule has 0 amide bonds. The Balaban J connectivity index is 2.29. The number of benzene rings is 1.